The maximum absolute atomic E-state index is 13.8. The van der Waals surface area contributed by atoms with E-state index in [1.54, 1.807) is 0 Å². The summed E-state index contributed by atoms with van der Waals surface area (Å²) in [6.45, 7) is -1.64. The van der Waals surface area contributed by atoms with E-state index in [2.05, 4.69) is 10.3 Å². The lowest BCUT2D eigenvalue weighted by molar-refractivity contribution is -0.198. The van der Waals surface area contributed by atoms with Crippen molar-refractivity contribution in [1.29, 1.82) is 0 Å². The first-order chi connectivity index (χ1) is 18.0. The first-order valence-corrected chi connectivity index (χ1v) is 12.7. The van der Waals surface area contributed by atoms with Crippen molar-refractivity contribution in [3.05, 3.63) is 64.0 Å². The molecular formula is C22H18Cl2F3N3O7S. The molecule has 1 aliphatic rings. The second kappa shape index (κ2) is 11.8. The molecule has 16 heteroatoms. The molecule has 1 aliphatic heterocycles. The number of rotatable bonds is 8. The smallest absolute Gasteiger partial charge is 0.329 e. The number of halogens is 5. The van der Waals surface area contributed by atoms with Crippen molar-refractivity contribution in [2.75, 3.05) is 13.2 Å². The van der Waals surface area contributed by atoms with Gasteiger partial charge in [0.15, 0.2) is 28.5 Å². The molecule has 2 aromatic carbocycles. The van der Waals surface area contributed by atoms with Gasteiger partial charge in [-0.3, -0.25) is 0 Å². The number of carbonyl (C=O) groups is 1. The molecule has 0 saturated carbocycles. The standard InChI is InChI=1S/C22H18Cl2F3N3O7S/c23-11-2-1-10(5-12(11)24)38(35)22-21(36-8-17(32)33)19(20(34)16(7-31)37-22)30-6-15(28-29-30)9-3-13(25)18(27)14(26)4-9/h1-6,16,19-22,31,34H,7-8H2,(H,32,33)/t16-,19+,20+,21-,22-,38+/m1/s1. The van der Waals surface area contributed by atoms with Gasteiger partial charge in [-0.2, -0.15) is 0 Å². The highest BCUT2D eigenvalue weighted by Gasteiger charge is 2.53. The van der Waals surface area contributed by atoms with Crippen molar-refractivity contribution in [3.8, 4) is 11.3 Å². The highest BCUT2D eigenvalue weighted by atomic mass is 35.5. The summed E-state index contributed by atoms with van der Waals surface area (Å²) in [4.78, 5) is 11.4. The van der Waals surface area contributed by atoms with Crippen LogP contribution in [0.5, 0.6) is 0 Å². The van der Waals surface area contributed by atoms with Gasteiger partial charge >= 0.3 is 5.97 Å². The molecule has 38 heavy (non-hydrogen) atoms. The van der Waals surface area contributed by atoms with Crippen LogP contribution in [0.4, 0.5) is 13.2 Å². The number of benzene rings is 2. The summed E-state index contributed by atoms with van der Waals surface area (Å²) in [5.41, 5.74) is -1.79. The van der Waals surface area contributed by atoms with Gasteiger partial charge in [0.2, 0.25) is 5.44 Å². The summed E-state index contributed by atoms with van der Waals surface area (Å²) < 4.78 is 66.6. The zero-order valence-corrected chi connectivity index (χ0v) is 21.2. The van der Waals surface area contributed by atoms with Gasteiger partial charge in [0.25, 0.3) is 0 Å². The summed E-state index contributed by atoms with van der Waals surface area (Å²) in [5.74, 6) is -6.01. The number of nitrogens with zero attached hydrogens (tertiary/aromatic N) is 3. The quantitative estimate of drug-likeness (QED) is 0.264. The van der Waals surface area contributed by atoms with Crippen LogP contribution in [0.15, 0.2) is 41.4 Å². The van der Waals surface area contributed by atoms with Crippen molar-refractivity contribution in [3.63, 3.8) is 0 Å². The number of carboxylic acids is 1. The third kappa shape index (κ3) is 5.77. The van der Waals surface area contributed by atoms with Crippen molar-refractivity contribution >= 4 is 40.3 Å². The van der Waals surface area contributed by atoms with Crippen LogP contribution in [0.1, 0.15) is 6.04 Å². The molecule has 0 unspecified atom stereocenters. The molecule has 3 N–H and O–H groups in total. The topological polar surface area (TPSA) is 150 Å². The number of aliphatic hydroxyl groups excluding tert-OH is 2. The zero-order valence-electron chi connectivity index (χ0n) is 18.9. The monoisotopic (exact) mass is 595 g/mol. The van der Waals surface area contributed by atoms with Crippen LogP contribution in [0.3, 0.4) is 0 Å². The van der Waals surface area contributed by atoms with Gasteiger partial charge in [0, 0.05) is 22.8 Å². The van der Waals surface area contributed by atoms with E-state index in [-0.39, 0.29) is 26.2 Å². The molecule has 2 heterocycles. The minimum absolute atomic E-state index is 0.0753. The van der Waals surface area contributed by atoms with E-state index in [0.29, 0.717) is 12.1 Å². The van der Waals surface area contributed by atoms with E-state index in [1.165, 1.54) is 18.2 Å². The fraction of sp³-hybridized carbons (Fsp3) is 0.318. The summed E-state index contributed by atoms with van der Waals surface area (Å²) in [5, 5.41) is 37.9. The fourth-order valence-corrected chi connectivity index (χ4v) is 5.67. The highest BCUT2D eigenvalue weighted by molar-refractivity contribution is 7.92. The number of aliphatic hydroxyl groups is 2. The van der Waals surface area contributed by atoms with E-state index < -0.39 is 77.6 Å². The largest absolute Gasteiger partial charge is 0.609 e. The van der Waals surface area contributed by atoms with Gasteiger partial charge in [0.1, 0.15) is 30.6 Å². The molecule has 0 aliphatic carbocycles. The molecule has 0 amide bonds. The second-order valence-electron chi connectivity index (χ2n) is 8.09. The van der Waals surface area contributed by atoms with Crippen molar-refractivity contribution < 1.29 is 47.3 Å². The molecule has 0 radical (unpaired) electrons. The number of hydrogen-bond acceptors (Lipinski definition) is 8. The Morgan fingerprint density at radius 2 is 1.87 bits per heavy atom. The third-order valence-electron chi connectivity index (χ3n) is 5.65. The summed E-state index contributed by atoms with van der Waals surface area (Å²) in [6, 6.07) is 4.09. The van der Waals surface area contributed by atoms with Gasteiger partial charge in [-0.15, -0.1) is 5.10 Å². The molecule has 0 bridgehead atoms. The van der Waals surface area contributed by atoms with E-state index in [0.717, 1.165) is 10.9 Å². The summed E-state index contributed by atoms with van der Waals surface area (Å²) in [6.07, 6.45) is -3.27. The first-order valence-electron chi connectivity index (χ1n) is 10.7. The first kappa shape index (κ1) is 28.6. The molecule has 6 atom stereocenters. The van der Waals surface area contributed by atoms with Crippen LogP contribution in [0.2, 0.25) is 10.0 Å². The van der Waals surface area contributed by atoms with E-state index in [4.69, 9.17) is 32.7 Å². The Bertz CT molecular complexity index is 1310. The average molecular weight is 596 g/mol. The molecule has 1 aromatic heterocycles. The van der Waals surface area contributed by atoms with Gasteiger partial charge < -0.3 is 29.3 Å². The van der Waals surface area contributed by atoms with Crippen LogP contribution < -0.4 is 0 Å². The van der Waals surface area contributed by atoms with Crippen LogP contribution in [0.25, 0.3) is 11.3 Å². The third-order valence-corrected chi connectivity index (χ3v) is 7.91. The molecule has 3 aromatic rings. The molecule has 204 valence electrons. The number of hydrogen-bond donors (Lipinski definition) is 3. The number of aromatic nitrogens is 3. The Balaban J connectivity index is 1.76. The number of aliphatic carboxylic acids is 1. The SMILES string of the molecule is O=C(O)CO[C@@H]1[C@@H](n2cc(-c3cc(F)c(F)c(F)c3)nn2)[C@@H](O)[C@@H](CO)O[C@@H]1[S@@+]([O-])c1ccc(Cl)c(Cl)c1. The Hall–Kier alpha value is -2.43. The highest BCUT2D eigenvalue weighted by Crippen LogP contribution is 2.38. The second-order valence-corrected chi connectivity index (χ2v) is 10.4. The van der Waals surface area contributed by atoms with Gasteiger partial charge in [-0.1, -0.05) is 28.4 Å². The van der Waals surface area contributed by atoms with Crippen molar-refractivity contribution in [1.82, 2.24) is 15.0 Å². The van der Waals surface area contributed by atoms with Gasteiger partial charge in [0.05, 0.1) is 22.8 Å². The predicted octanol–water partition coefficient (Wildman–Crippen LogP) is 2.57. The van der Waals surface area contributed by atoms with Crippen molar-refractivity contribution in [2.24, 2.45) is 0 Å². The Morgan fingerprint density at radius 3 is 2.47 bits per heavy atom. The predicted molar refractivity (Wildman–Crippen MR) is 126 cm³/mol. The Morgan fingerprint density at radius 1 is 1.18 bits per heavy atom. The van der Waals surface area contributed by atoms with E-state index >= 15 is 0 Å². The summed E-state index contributed by atoms with van der Waals surface area (Å²) >= 11 is 9.86. The van der Waals surface area contributed by atoms with E-state index in [9.17, 15) is 37.8 Å². The van der Waals surface area contributed by atoms with Crippen LogP contribution in [-0.2, 0) is 25.4 Å². The molecule has 1 fully saturated rings. The molecule has 4 rings (SSSR count). The zero-order chi connectivity index (χ0) is 27.7. The minimum atomic E-state index is -2.11. The van der Waals surface area contributed by atoms with Gasteiger partial charge in [-0.05, 0) is 24.3 Å². The Kier molecular flexibility index (Phi) is 8.84. The average Bonchev–Trinajstić information content (AvgIpc) is 3.36. The number of carboxylic acid groups (broad SMARTS) is 1. The molecular weight excluding hydrogens is 578 g/mol. The van der Waals surface area contributed by atoms with Crippen LogP contribution >= 0.6 is 23.2 Å². The van der Waals surface area contributed by atoms with Crippen LogP contribution in [-0.4, -0.2) is 77.8 Å². The lowest BCUT2D eigenvalue weighted by Crippen LogP contribution is -2.59. The molecule has 10 nitrogen and oxygen atoms in total. The minimum Gasteiger partial charge on any atom is -0.609 e. The van der Waals surface area contributed by atoms with Gasteiger partial charge in [-0.25, -0.2) is 22.6 Å². The lowest BCUT2D eigenvalue weighted by Gasteiger charge is -2.43. The molecule has 0 spiro atoms. The number of ether oxygens (including phenoxy) is 2. The Labute approximate surface area is 225 Å². The molecule has 1 saturated heterocycles. The normalized spacial score (nSPS) is 24.4. The van der Waals surface area contributed by atoms with Crippen LogP contribution in [0, 0.1) is 17.5 Å². The lowest BCUT2D eigenvalue weighted by atomic mass is 9.97. The summed E-state index contributed by atoms with van der Waals surface area (Å²) in [7, 11) is 0. The fourth-order valence-electron chi connectivity index (χ4n) is 3.87. The maximum atomic E-state index is 13.8. The van der Waals surface area contributed by atoms with E-state index in [1.807, 2.05) is 0 Å². The van der Waals surface area contributed by atoms with Crippen molar-refractivity contribution in [2.45, 2.75) is 34.7 Å². The maximum Gasteiger partial charge on any atom is 0.329 e.